The molecule has 2 atom stereocenters. The van der Waals surface area contributed by atoms with Gasteiger partial charge in [0.1, 0.15) is 5.75 Å². The van der Waals surface area contributed by atoms with Gasteiger partial charge in [-0.1, -0.05) is 34.7 Å². The highest BCUT2D eigenvalue weighted by molar-refractivity contribution is 14.1. The Morgan fingerprint density at radius 1 is 1.40 bits per heavy atom. The molecule has 15 heavy (non-hydrogen) atoms. The van der Waals surface area contributed by atoms with Crippen LogP contribution in [0.3, 0.4) is 0 Å². The van der Waals surface area contributed by atoms with E-state index < -0.39 is 6.48 Å². The second-order valence-electron chi connectivity index (χ2n) is 3.32. The molecule has 2 unspecified atom stereocenters. The van der Waals surface area contributed by atoms with Crippen molar-refractivity contribution in [1.29, 1.82) is 0 Å². The molecule has 0 spiro atoms. The summed E-state index contributed by atoms with van der Waals surface area (Å²) in [6, 6.07) is 5.92. The van der Waals surface area contributed by atoms with Crippen LogP contribution in [0.1, 0.15) is 22.0 Å². The van der Waals surface area contributed by atoms with E-state index in [4.69, 9.17) is 4.74 Å². The highest BCUT2D eigenvalue weighted by Crippen LogP contribution is 2.32. The van der Waals surface area contributed by atoms with Gasteiger partial charge in [0.25, 0.3) is 0 Å². The lowest BCUT2D eigenvalue weighted by molar-refractivity contribution is -0.200. The van der Waals surface area contributed by atoms with Gasteiger partial charge in [0.2, 0.25) is 0 Å². The summed E-state index contributed by atoms with van der Waals surface area (Å²) in [7, 11) is 1.40. The highest BCUT2D eigenvalue weighted by atomic mass is 127. The van der Waals surface area contributed by atoms with Gasteiger partial charge >= 0.3 is 6.48 Å². The van der Waals surface area contributed by atoms with E-state index in [-0.39, 0.29) is 0 Å². The average molecular weight is 322 g/mol. The molecule has 4 heteroatoms. The molecule has 0 amide bonds. The number of ether oxygens (including phenoxy) is 2. The molecule has 0 aliphatic rings. The van der Waals surface area contributed by atoms with Gasteiger partial charge in [0, 0.05) is 16.6 Å². The summed E-state index contributed by atoms with van der Waals surface area (Å²) in [5.74, 6) is 0.672. The Kier molecular flexibility index (Phi) is 4.82. The minimum absolute atomic E-state index is 0.322. The second kappa shape index (κ2) is 5.67. The summed E-state index contributed by atoms with van der Waals surface area (Å²) < 4.78 is 10.2. The summed E-state index contributed by atoms with van der Waals surface area (Å²) in [6.45, 7) is 2.84. The summed E-state index contributed by atoms with van der Waals surface area (Å²) in [4.78, 5) is 0. The van der Waals surface area contributed by atoms with Crippen LogP contribution in [0.4, 0.5) is 0 Å². The van der Waals surface area contributed by atoms with Crippen molar-refractivity contribution < 1.29 is 14.6 Å². The number of aliphatic hydroxyl groups is 1. The number of alkyl halides is 1. The van der Waals surface area contributed by atoms with Crippen molar-refractivity contribution in [3.8, 4) is 5.75 Å². The zero-order valence-electron chi connectivity index (χ0n) is 9.03. The molecule has 0 bridgehead atoms. The van der Waals surface area contributed by atoms with Crippen molar-refractivity contribution in [3.63, 3.8) is 0 Å². The van der Waals surface area contributed by atoms with Gasteiger partial charge in [-0.25, -0.2) is 0 Å². The topological polar surface area (TPSA) is 38.7 Å². The van der Waals surface area contributed by atoms with Gasteiger partial charge in [0.05, 0.1) is 0 Å². The molecule has 0 heterocycles. The lowest BCUT2D eigenvalue weighted by Crippen LogP contribution is -2.18. The second-order valence-corrected chi connectivity index (χ2v) is 5.19. The Labute approximate surface area is 104 Å². The Bertz CT molecular complexity index is 326. The number of halogens is 1. The van der Waals surface area contributed by atoms with Crippen molar-refractivity contribution in [3.05, 3.63) is 29.3 Å². The predicted molar refractivity (Wildman–Crippen MR) is 67.3 cm³/mol. The molecule has 0 aliphatic heterocycles. The predicted octanol–water partition coefficient (Wildman–Crippen LogP) is 2.79. The number of aliphatic hydroxyl groups excluding tert-OH is 1. The molecule has 1 rings (SSSR count). The molecular formula is C11H15IO3. The van der Waals surface area contributed by atoms with Crippen molar-refractivity contribution in [2.24, 2.45) is 0 Å². The van der Waals surface area contributed by atoms with Crippen LogP contribution in [0.5, 0.6) is 5.75 Å². The molecule has 0 aliphatic carbocycles. The summed E-state index contributed by atoms with van der Waals surface area (Å²) in [6.07, 6.45) is 0. The quantitative estimate of drug-likeness (QED) is 0.526. The first-order valence-corrected chi connectivity index (χ1v) is 5.91. The number of rotatable bonds is 4. The van der Waals surface area contributed by atoms with E-state index in [1.807, 2.05) is 25.1 Å². The molecule has 0 aromatic heterocycles. The Morgan fingerprint density at radius 3 is 2.60 bits per heavy atom. The number of benzene rings is 1. The van der Waals surface area contributed by atoms with E-state index in [0.717, 1.165) is 11.1 Å². The average Bonchev–Trinajstić information content (AvgIpc) is 2.17. The van der Waals surface area contributed by atoms with Crippen LogP contribution >= 0.6 is 22.6 Å². The maximum atomic E-state index is 9.26. The monoisotopic (exact) mass is 322 g/mol. The Morgan fingerprint density at radius 2 is 2.07 bits per heavy atom. The largest absolute Gasteiger partial charge is 0.441 e. The zero-order valence-corrected chi connectivity index (χ0v) is 11.2. The van der Waals surface area contributed by atoms with Gasteiger partial charge < -0.3 is 14.6 Å². The van der Waals surface area contributed by atoms with Crippen molar-refractivity contribution in [2.75, 3.05) is 7.11 Å². The molecule has 0 saturated carbocycles. The van der Waals surface area contributed by atoms with E-state index in [0.29, 0.717) is 9.67 Å². The molecule has 3 nitrogen and oxygen atoms in total. The standard InChI is InChI=1S/C11H15IO3/c1-7-4-5-9(8(2)12)10(6-7)15-11(13)14-3/h4-6,8,11,13H,1-3H3. The van der Waals surface area contributed by atoms with Crippen molar-refractivity contribution >= 4 is 22.6 Å². The van der Waals surface area contributed by atoms with Crippen LogP contribution in [-0.4, -0.2) is 18.7 Å². The number of hydrogen-bond acceptors (Lipinski definition) is 3. The minimum Gasteiger partial charge on any atom is -0.441 e. The van der Waals surface area contributed by atoms with Crippen LogP contribution in [0.15, 0.2) is 18.2 Å². The zero-order chi connectivity index (χ0) is 11.4. The van der Waals surface area contributed by atoms with Crippen molar-refractivity contribution in [1.82, 2.24) is 0 Å². The van der Waals surface area contributed by atoms with Crippen LogP contribution in [0.25, 0.3) is 0 Å². The minimum atomic E-state index is -1.21. The first-order valence-electron chi connectivity index (χ1n) is 4.66. The smallest absolute Gasteiger partial charge is 0.313 e. The molecule has 1 N–H and O–H groups in total. The Hall–Kier alpha value is -0.330. The van der Waals surface area contributed by atoms with Crippen LogP contribution in [0, 0.1) is 6.92 Å². The fourth-order valence-electron chi connectivity index (χ4n) is 1.23. The molecule has 84 valence electrons. The van der Waals surface area contributed by atoms with Gasteiger partial charge in [-0.3, -0.25) is 0 Å². The first-order chi connectivity index (χ1) is 7.04. The fourth-order valence-corrected chi connectivity index (χ4v) is 1.74. The van der Waals surface area contributed by atoms with Crippen LogP contribution in [0.2, 0.25) is 0 Å². The normalized spacial score (nSPS) is 14.7. The Balaban J connectivity index is 2.96. The maximum absolute atomic E-state index is 9.26. The number of aryl methyl sites for hydroxylation is 1. The molecule has 1 aromatic rings. The molecule has 0 fully saturated rings. The summed E-state index contributed by atoms with van der Waals surface area (Å²) in [5.41, 5.74) is 2.14. The van der Waals surface area contributed by atoms with E-state index in [2.05, 4.69) is 34.3 Å². The molecule has 1 aromatic carbocycles. The molecule has 0 saturated heterocycles. The molecular weight excluding hydrogens is 307 g/mol. The first kappa shape index (κ1) is 12.7. The number of hydrogen-bond donors (Lipinski definition) is 1. The van der Waals surface area contributed by atoms with E-state index in [1.54, 1.807) is 0 Å². The van der Waals surface area contributed by atoms with Crippen molar-refractivity contribution in [2.45, 2.75) is 24.2 Å². The third kappa shape index (κ3) is 3.62. The van der Waals surface area contributed by atoms with Crippen LogP contribution in [-0.2, 0) is 4.74 Å². The van der Waals surface area contributed by atoms with Gasteiger partial charge in [0.15, 0.2) is 0 Å². The van der Waals surface area contributed by atoms with Gasteiger partial charge in [-0.15, -0.1) is 0 Å². The summed E-state index contributed by atoms with van der Waals surface area (Å²) in [5, 5.41) is 9.26. The lowest BCUT2D eigenvalue weighted by atomic mass is 10.1. The summed E-state index contributed by atoms with van der Waals surface area (Å²) >= 11 is 2.30. The van der Waals surface area contributed by atoms with Crippen LogP contribution < -0.4 is 4.74 Å². The molecule has 0 radical (unpaired) electrons. The van der Waals surface area contributed by atoms with Gasteiger partial charge in [-0.2, -0.15) is 0 Å². The lowest BCUT2D eigenvalue weighted by Gasteiger charge is -2.16. The van der Waals surface area contributed by atoms with E-state index in [9.17, 15) is 5.11 Å². The third-order valence-corrected chi connectivity index (χ3v) is 2.70. The van der Waals surface area contributed by atoms with Gasteiger partial charge in [-0.05, 0) is 25.5 Å². The van der Waals surface area contributed by atoms with E-state index >= 15 is 0 Å². The highest BCUT2D eigenvalue weighted by Gasteiger charge is 2.12. The van der Waals surface area contributed by atoms with E-state index in [1.165, 1.54) is 7.11 Å². The maximum Gasteiger partial charge on any atom is 0.313 e. The number of methoxy groups -OCH3 is 1. The third-order valence-electron chi connectivity index (χ3n) is 2.03. The SMILES string of the molecule is COC(O)Oc1cc(C)ccc1C(C)I. The fraction of sp³-hybridized carbons (Fsp3) is 0.455.